The van der Waals surface area contributed by atoms with Crippen LogP contribution in [0.15, 0.2) is 18.3 Å². The van der Waals surface area contributed by atoms with Gasteiger partial charge in [0.15, 0.2) is 0 Å². The van der Waals surface area contributed by atoms with Gasteiger partial charge in [0.05, 0.1) is 17.9 Å². The van der Waals surface area contributed by atoms with Crippen molar-refractivity contribution in [2.45, 2.75) is 32.5 Å². The maximum absolute atomic E-state index is 5.71. The van der Waals surface area contributed by atoms with Crippen molar-refractivity contribution in [3.63, 3.8) is 0 Å². The van der Waals surface area contributed by atoms with Crippen LogP contribution in [0.5, 0.6) is 0 Å². The monoisotopic (exact) mass is 249 g/mol. The summed E-state index contributed by atoms with van der Waals surface area (Å²) in [4.78, 5) is 6.92. The topological polar surface area (TPSA) is 37.4 Å². The molecule has 0 atom stereocenters. The molecule has 2 heterocycles. The molecule has 0 aliphatic carbocycles. The molecule has 1 aliphatic rings. The Hall–Kier alpha value is -0.970. The van der Waals surface area contributed by atoms with E-state index in [1.165, 1.54) is 5.56 Å². The van der Waals surface area contributed by atoms with Gasteiger partial charge in [-0.25, -0.2) is 0 Å². The fourth-order valence-electron chi connectivity index (χ4n) is 2.34. The highest BCUT2D eigenvalue weighted by Gasteiger charge is 2.27. The van der Waals surface area contributed by atoms with E-state index in [1.54, 1.807) is 0 Å². The molecule has 1 aliphatic heterocycles. The summed E-state index contributed by atoms with van der Waals surface area (Å²) in [7, 11) is 1.95. The lowest BCUT2D eigenvalue weighted by atomic mass is 10.1. The van der Waals surface area contributed by atoms with E-state index < -0.39 is 0 Å². The third-order valence-electron chi connectivity index (χ3n) is 3.16. The van der Waals surface area contributed by atoms with E-state index in [2.05, 4.69) is 41.2 Å². The molecule has 1 saturated heterocycles. The van der Waals surface area contributed by atoms with Crippen molar-refractivity contribution in [1.82, 2.24) is 15.2 Å². The van der Waals surface area contributed by atoms with Crippen LogP contribution in [0.4, 0.5) is 0 Å². The minimum Gasteiger partial charge on any atom is -0.373 e. The normalized spacial score (nSPS) is 19.9. The Morgan fingerprint density at radius 2 is 2.28 bits per heavy atom. The van der Waals surface area contributed by atoms with Crippen molar-refractivity contribution in [2.75, 3.05) is 26.7 Å². The van der Waals surface area contributed by atoms with Gasteiger partial charge in [0.2, 0.25) is 0 Å². The van der Waals surface area contributed by atoms with Crippen LogP contribution < -0.4 is 5.32 Å². The minimum atomic E-state index is -0.0374. The van der Waals surface area contributed by atoms with Gasteiger partial charge in [-0.15, -0.1) is 0 Å². The predicted molar refractivity (Wildman–Crippen MR) is 72.3 cm³/mol. The van der Waals surface area contributed by atoms with Crippen molar-refractivity contribution in [2.24, 2.45) is 0 Å². The lowest BCUT2D eigenvalue weighted by Crippen LogP contribution is -2.47. The molecule has 1 N–H and O–H groups in total. The quantitative estimate of drug-likeness (QED) is 0.875. The van der Waals surface area contributed by atoms with Crippen LogP contribution in [0.3, 0.4) is 0 Å². The summed E-state index contributed by atoms with van der Waals surface area (Å²) in [5.74, 6) is 0. The Morgan fingerprint density at radius 3 is 2.89 bits per heavy atom. The molecule has 0 bridgehead atoms. The number of rotatable bonds is 4. The second kappa shape index (κ2) is 5.78. The Labute approximate surface area is 109 Å². The van der Waals surface area contributed by atoms with Crippen molar-refractivity contribution in [3.05, 3.63) is 29.6 Å². The van der Waals surface area contributed by atoms with Crippen molar-refractivity contribution < 1.29 is 4.74 Å². The standard InChI is InChI=1S/C14H23N3O/c1-14(2)11-17(6-7-18-14)10-13-5-4-12(8-15-3)9-16-13/h4-5,9,15H,6-8,10-11H2,1-3H3. The number of morpholine rings is 1. The van der Waals surface area contributed by atoms with Gasteiger partial charge in [-0.1, -0.05) is 6.07 Å². The smallest absolute Gasteiger partial charge is 0.0753 e. The van der Waals surface area contributed by atoms with E-state index in [9.17, 15) is 0 Å². The van der Waals surface area contributed by atoms with Gasteiger partial charge in [0, 0.05) is 32.4 Å². The molecule has 100 valence electrons. The predicted octanol–water partition coefficient (Wildman–Crippen LogP) is 1.41. The first-order chi connectivity index (χ1) is 8.59. The van der Waals surface area contributed by atoms with E-state index in [0.29, 0.717) is 0 Å². The van der Waals surface area contributed by atoms with Crippen LogP contribution in [-0.4, -0.2) is 42.2 Å². The minimum absolute atomic E-state index is 0.0374. The van der Waals surface area contributed by atoms with Crippen LogP contribution in [-0.2, 0) is 17.8 Å². The van der Waals surface area contributed by atoms with Crippen LogP contribution in [0, 0.1) is 0 Å². The summed E-state index contributed by atoms with van der Waals surface area (Å²) >= 11 is 0. The lowest BCUT2D eigenvalue weighted by molar-refractivity contribution is -0.0885. The van der Waals surface area contributed by atoms with Gasteiger partial charge >= 0.3 is 0 Å². The molecule has 0 saturated carbocycles. The maximum atomic E-state index is 5.71. The number of hydrogen-bond donors (Lipinski definition) is 1. The first-order valence-electron chi connectivity index (χ1n) is 6.54. The van der Waals surface area contributed by atoms with Crippen LogP contribution in [0.25, 0.3) is 0 Å². The average molecular weight is 249 g/mol. The van der Waals surface area contributed by atoms with E-state index in [4.69, 9.17) is 4.74 Å². The largest absolute Gasteiger partial charge is 0.373 e. The molecule has 4 heteroatoms. The molecule has 2 rings (SSSR count). The molecule has 0 unspecified atom stereocenters. The van der Waals surface area contributed by atoms with Crippen LogP contribution >= 0.6 is 0 Å². The van der Waals surface area contributed by atoms with Gasteiger partial charge < -0.3 is 10.1 Å². The Morgan fingerprint density at radius 1 is 1.44 bits per heavy atom. The zero-order chi connectivity index (χ0) is 13.0. The van der Waals surface area contributed by atoms with Gasteiger partial charge in [0.1, 0.15) is 0 Å². The zero-order valence-corrected chi connectivity index (χ0v) is 11.6. The number of nitrogens with zero attached hydrogens (tertiary/aromatic N) is 2. The molecule has 0 radical (unpaired) electrons. The summed E-state index contributed by atoms with van der Waals surface area (Å²) in [5.41, 5.74) is 2.32. The SMILES string of the molecule is CNCc1ccc(CN2CCOC(C)(C)C2)nc1. The third-order valence-corrected chi connectivity index (χ3v) is 3.16. The van der Waals surface area contributed by atoms with Crippen molar-refractivity contribution in [3.8, 4) is 0 Å². The highest BCUT2D eigenvalue weighted by Crippen LogP contribution is 2.17. The second-order valence-corrected chi connectivity index (χ2v) is 5.51. The molecule has 1 aromatic rings. The van der Waals surface area contributed by atoms with Gasteiger partial charge in [-0.3, -0.25) is 9.88 Å². The molecule has 4 nitrogen and oxygen atoms in total. The second-order valence-electron chi connectivity index (χ2n) is 5.51. The molecule has 0 spiro atoms. The van der Waals surface area contributed by atoms with Crippen molar-refractivity contribution >= 4 is 0 Å². The first-order valence-corrected chi connectivity index (χ1v) is 6.54. The molecular formula is C14H23N3O. The molecule has 1 aromatic heterocycles. The Bertz CT molecular complexity index is 375. The number of aromatic nitrogens is 1. The molecule has 18 heavy (non-hydrogen) atoms. The van der Waals surface area contributed by atoms with Gasteiger partial charge in [-0.2, -0.15) is 0 Å². The fraction of sp³-hybridized carbons (Fsp3) is 0.643. The summed E-state index contributed by atoms with van der Waals surface area (Å²) in [6.45, 7) is 8.83. The number of pyridine rings is 1. The molecule has 1 fully saturated rings. The number of hydrogen-bond acceptors (Lipinski definition) is 4. The molecule has 0 amide bonds. The summed E-state index contributed by atoms with van der Waals surface area (Å²) in [6.07, 6.45) is 1.96. The van der Waals surface area contributed by atoms with Gasteiger partial charge in [-0.05, 0) is 32.5 Å². The Balaban J connectivity index is 1.92. The number of nitrogens with one attached hydrogen (secondary N) is 1. The molecule has 0 aromatic carbocycles. The van der Waals surface area contributed by atoms with E-state index in [1.807, 2.05) is 13.2 Å². The summed E-state index contributed by atoms with van der Waals surface area (Å²) in [5, 5.41) is 3.13. The average Bonchev–Trinajstić information content (AvgIpc) is 2.31. The highest BCUT2D eigenvalue weighted by molar-refractivity contribution is 5.14. The Kier molecular flexibility index (Phi) is 4.32. The fourth-order valence-corrected chi connectivity index (χ4v) is 2.34. The van der Waals surface area contributed by atoms with E-state index in [-0.39, 0.29) is 5.60 Å². The lowest BCUT2D eigenvalue weighted by Gasteiger charge is -2.37. The van der Waals surface area contributed by atoms with Crippen molar-refractivity contribution in [1.29, 1.82) is 0 Å². The maximum Gasteiger partial charge on any atom is 0.0753 e. The summed E-state index contributed by atoms with van der Waals surface area (Å²) < 4.78 is 5.71. The van der Waals surface area contributed by atoms with Gasteiger partial charge in [0.25, 0.3) is 0 Å². The zero-order valence-electron chi connectivity index (χ0n) is 11.6. The van der Waals surface area contributed by atoms with Crippen LogP contribution in [0.2, 0.25) is 0 Å². The van der Waals surface area contributed by atoms with Crippen LogP contribution in [0.1, 0.15) is 25.1 Å². The summed E-state index contributed by atoms with van der Waals surface area (Å²) in [6, 6.07) is 4.26. The molecular weight excluding hydrogens is 226 g/mol. The highest BCUT2D eigenvalue weighted by atomic mass is 16.5. The first kappa shape index (κ1) is 13.5. The van der Waals surface area contributed by atoms with E-state index >= 15 is 0 Å². The van der Waals surface area contributed by atoms with E-state index in [0.717, 1.165) is 38.5 Å². The third kappa shape index (κ3) is 3.77. The number of ether oxygens (including phenoxy) is 1.